The second kappa shape index (κ2) is 5.66. The summed E-state index contributed by atoms with van der Waals surface area (Å²) in [5.74, 6) is 0.807. The largest absolute Gasteiger partial charge is 0.495 e. The fourth-order valence-electron chi connectivity index (χ4n) is 1.23. The van der Waals surface area contributed by atoms with E-state index in [1.807, 2.05) is 25.1 Å². The van der Waals surface area contributed by atoms with Gasteiger partial charge >= 0.3 is 0 Å². The number of halogens is 1. The molecule has 0 bridgehead atoms. The Morgan fingerprint density at radius 3 is 2.87 bits per heavy atom. The Balaban J connectivity index is 2.65. The standard InChI is InChI=1S/C12H16ClNO/c1-9(2)6-7-14-11-8-10(13)4-5-12(11)15-3/h4-5,8,14H,1,6-7H2,2-3H3. The fourth-order valence-corrected chi connectivity index (χ4v) is 1.40. The number of ether oxygens (including phenoxy) is 1. The molecule has 15 heavy (non-hydrogen) atoms. The van der Waals surface area contributed by atoms with Crippen molar-refractivity contribution in [2.75, 3.05) is 19.0 Å². The number of anilines is 1. The molecule has 0 fully saturated rings. The zero-order valence-corrected chi connectivity index (χ0v) is 9.90. The molecule has 0 saturated carbocycles. The summed E-state index contributed by atoms with van der Waals surface area (Å²) in [6.45, 7) is 6.70. The molecule has 0 aliphatic carbocycles. The van der Waals surface area contributed by atoms with E-state index in [9.17, 15) is 0 Å². The lowest BCUT2D eigenvalue weighted by Gasteiger charge is -2.11. The molecule has 1 rings (SSSR count). The summed E-state index contributed by atoms with van der Waals surface area (Å²) in [4.78, 5) is 0. The highest BCUT2D eigenvalue weighted by molar-refractivity contribution is 6.30. The molecular formula is C12H16ClNO. The van der Waals surface area contributed by atoms with Crippen LogP contribution in [0, 0.1) is 0 Å². The van der Waals surface area contributed by atoms with Crippen molar-refractivity contribution in [3.63, 3.8) is 0 Å². The Kier molecular flexibility index (Phi) is 4.50. The zero-order valence-electron chi connectivity index (χ0n) is 9.14. The van der Waals surface area contributed by atoms with Crippen molar-refractivity contribution in [2.24, 2.45) is 0 Å². The van der Waals surface area contributed by atoms with Gasteiger partial charge in [-0.05, 0) is 31.5 Å². The van der Waals surface area contributed by atoms with Crippen LogP contribution in [0.5, 0.6) is 5.75 Å². The Morgan fingerprint density at radius 1 is 1.53 bits per heavy atom. The van der Waals surface area contributed by atoms with Crippen molar-refractivity contribution in [1.29, 1.82) is 0 Å². The van der Waals surface area contributed by atoms with Gasteiger partial charge < -0.3 is 10.1 Å². The molecule has 0 unspecified atom stereocenters. The molecule has 0 atom stereocenters. The van der Waals surface area contributed by atoms with E-state index in [1.54, 1.807) is 7.11 Å². The smallest absolute Gasteiger partial charge is 0.142 e. The van der Waals surface area contributed by atoms with Crippen molar-refractivity contribution in [3.05, 3.63) is 35.4 Å². The van der Waals surface area contributed by atoms with E-state index in [0.717, 1.165) is 30.0 Å². The third-order valence-electron chi connectivity index (χ3n) is 2.03. The molecule has 1 aromatic rings. The average molecular weight is 226 g/mol. The van der Waals surface area contributed by atoms with Crippen molar-refractivity contribution in [2.45, 2.75) is 13.3 Å². The van der Waals surface area contributed by atoms with Gasteiger partial charge in [-0.15, -0.1) is 6.58 Å². The van der Waals surface area contributed by atoms with E-state index in [1.165, 1.54) is 0 Å². The van der Waals surface area contributed by atoms with Gasteiger partial charge in [0.1, 0.15) is 5.75 Å². The fraction of sp³-hybridized carbons (Fsp3) is 0.333. The van der Waals surface area contributed by atoms with Gasteiger partial charge in [0.2, 0.25) is 0 Å². The summed E-state index contributed by atoms with van der Waals surface area (Å²) in [5.41, 5.74) is 2.08. The monoisotopic (exact) mass is 225 g/mol. The molecule has 3 heteroatoms. The maximum Gasteiger partial charge on any atom is 0.142 e. The molecule has 2 nitrogen and oxygen atoms in total. The number of benzene rings is 1. The predicted molar refractivity (Wildman–Crippen MR) is 65.9 cm³/mol. The average Bonchev–Trinajstić information content (AvgIpc) is 2.17. The molecule has 0 amide bonds. The highest BCUT2D eigenvalue weighted by Gasteiger charge is 2.02. The van der Waals surface area contributed by atoms with E-state index in [2.05, 4.69) is 11.9 Å². The van der Waals surface area contributed by atoms with Crippen LogP contribution in [0.15, 0.2) is 30.4 Å². The van der Waals surface area contributed by atoms with Crippen LogP contribution >= 0.6 is 11.6 Å². The Hall–Kier alpha value is -1.15. The molecule has 0 aliphatic heterocycles. The van der Waals surface area contributed by atoms with E-state index >= 15 is 0 Å². The summed E-state index contributed by atoms with van der Waals surface area (Å²) < 4.78 is 5.21. The first-order valence-corrected chi connectivity index (χ1v) is 5.23. The van der Waals surface area contributed by atoms with Crippen LogP contribution in [0.4, 0.5) is 5.69 Å². The number of nitrogens with one attached hydrogen (secondary N) is 1. The van der Waals surface area contributed by atoms with Crippen molar-refractivity contribution < 1.29 is 4.74 Å². The lowest BCUT2D eigenvalue weighted by atomic mass is 10.2. The molecule has 82 valence electrons. The molecular weight excluding hydrogens is 210 g/mol. The number of methoxy groups -OCH3 is 1. The Bertz CT molecular complexity index is 349. The van der Waals surface area contributed by atoms with Gasteiger partial charge in [0.15, 0.2) is 0 Å². The predicted octanol–water partition coefficient (Wildman–Crippen LogP) is 3.73. The normalized spacial score (nSPS) is 9.80. The summed E-state index contributed by atoms with van der Waals surface area (Å²) >= 11 is 5.90. The van der Waals surface area contributed by atoms with Gasteiger partial charge in [-0.25, -0.2) is 0 Å². The number of hydrogen-bond donors (Lipinski definition) is 1. The van der Waals surface area contributed by atoms with Gasteiger partial charge in [-0.3, -0.25) is 0 Å². The maximum atomic E-state index is 5.90. The van der Waals surface area contributed by atoms with E-state index in [0.29, 0.717) is 5.02 Å². The summed E-state index contributed by atoms with van der Waals surface area (Å²) in [6, 6.07) is 5.52. The summed E-state index contributed by atoms with van der Waals surface area (Å²) in [6.07, 6.45) is 0.940. The second-order valence-electron chi connectivity index (χ2n) is 3.48. The maximum absolute atomic E-state index is 5.90. The highest BCUT2D eigenvalue weighted by Crippen LogP contribution is 2.27. The zero-order chi connectivity index (χ0) is 11.3. The molecule has 0 radical (unpaired) electrons. The van der Waals surface area contributed by atoms with E-state index in [-0.39, 0.29) is 0 Å². The van der Waals surface area contributed by atoms with Crippen LogP contribution in [-0.4, -0.2) is 13.7 Å². The van der Waals surface area contributed by atoms with Gasteiger partial charge in [0.25, 0.3) is 0 Å². The number of rotatable bonds is 5. The van der Waals surface area contributed by atoms with Crippen LogP contribution in [-0.2, 0) is 0 Å². The molecule has 0 saturated heterocycles. The van der Waals surface area contributed by atoms with Crippen molar-refractivity contribution in [3.8, 4) is 5.75 Å². The van der Waals surface area contributed by atoms with Crippen LogP contribution in [0.1, 0.15) is 13.3 Å². The van der Waals surface area contributed by atoms with Gasteiger partial charge in [-0.1, -0.05) is 17.2 Å². The third kappa shape index (κ3) is 3.84. The third-order valence-corrected chi connectivity index (χ3v) is 2.26. The first-order chi connectivity index (χ1) is 7.13. The first-order valence-electron chi connectivity index (χ1n) is 4.85. The molecule has 1 aromatic carbocycles. The van der Waals surface area contributed by atoms with E-state index < -0.39 is 0 Å². The molecule has 0 heterocycles. The summed E-state index contributed by atoms with van der Waals surface area (Å²) in [7, 11) is 1.65. The van der Waals surface area contributed by atoms with Crippen LogP contribution in [0.3, 0.4) is 0 Å². The lowest BCUT2D eigenvalue weighted by molar-refractivity contribution is 0.416. The van der Waals surface area contributed by atoms with Crippen molar-refractivity contribution >= 4 is 17.3 Å². The van der Waals surface area contributed by atoms with Gasteiger partial charge in [-0.2, -0.15) is 0 Å². The molecule has 0 aromatic heterocycles. The van der Waals surface area contributed by atoms with Crippen LogP contribution < -0.4 is 10.1 Å². The van der Waals surface area contributed by atoms with Gasteiger partial charge in [0, 0.05) is 11.6 Å². The molecule has 0 aliphatic rings. The SMILES string of the molecule is C=C(C)CCNc1cc(Cl)ccc1OC. The minimum Gasteiger partial charge on any atom is -0.495 e. The van der Waals surface area contributed by atoms with Crippen LogP contribution in [0.2, 0.25) is 5.02 Å². The van der Waals surface area contributed by atoms with Crippen molar-refractivity contribution in [1.82, 2.24) is 0 Å². The molecule has 0 spiro atoms. The summed E-state index contributed by atoms with van der Waals surface area (Å²) in [5, 5.41) is 3.97. The van der Waals surface area contributed by atoms with E-state index in [4.69, 9.17) is 16.3 Å². The Morgan fingerprint density at radius 2 is 2.27 bits per heavy atom. The quantitative estimate of drug-likeness (QED) is 0.772. The minimum absolute atomic E-state index is 0.702. The lowest BCUT2D eigenvalue weighted by Crippen LogP contribution is -2.03. The van der Waals surface area contributed by atoms with Crippen LogP contribution in [0.25, 0.3) is 0 Å². The Labute approximate surface area is 95.9 Å². The minimum atomic E-state index is 0.702. The van der Waals surface area contributed by atoms with Gasteiger partial charge in [0.05, 0.1) is 12.8 Å². The highest BCUT2D eigenvalue weighted by atomic mass is 35.5. The topological polar surface area (TPSA) is 21.3 Å². The molecule has 1 N–H and O–H groups in total. The number of hydrogen-bond acceptors (Lipinski definition) is 2. The first kappa shape index (κ1) is 11.9. The second-order valence-corrected chi connectivity index (χ2v) is 3.91.